The summed E-state index contributed by atoms with van der Waals surface area (Å²) in [6.07, 6.45) is -3.26. The maximum Gasteiger partial charge on any atom is 0.451 e. The summed E-state index contributed by atoms with van der Waals surface area (Å²) in [6.45, 7) is 3.50. The fourth-order valence-electron chi connectivity index (χ4n) is 3.13. The van der Waals surface area contributed by atoms with Gasteiger partial charge in [-0.05, 0) is 5.56 Å². The zero-order chi connectivity index (χ0) is 18.1. The Morgan fingerprint density at radius 3 is 2.42 bits per heavy atom. The van der Waals surface area contributed by atoms with Gasteiger partial charge in [0.05, 0.1) is 6.33 Å². The Hall–Kier alpha value is -2.68. The largest absolute Gasteiger partial charge is 0.451 e. The predicted molar refractivity (Wildman–Crippen MR) is 90.6 cm³/mol. The number of imidazole rings is 1. The van der Waals surface area contributed by atoms with Gasteiger partial charge >= 0.3 is 6.18 Å². The molecular weight excluding hydrogens is 345 g/mol. The number of alkyl halides is 3. The van der Waals surface area contributed by atoms with E-state index in [0.717, 1.165) is 19.6 Å². The minimum atomic E-state index is -4.60. The van der Waals surface area contributed by atoms with E-state index in [2.05, 4.69) is 37.0 Å². The smallest absolute Gasteiger partial charge is 0.352 e. The van der Waals surface area contributed by atoms with Crippen LogP contribution >= 0.6 is 0 Å². The second-order valence-corrected chi connectivity index (χ2v) is 6.22. The number of H-pyrrole nitrogens is 1. The third-order valence-corrected chi connectivity index (χ3v) is 4.44. The van der Waals surface area contributed by atoms with Crippen LogP contribution in [0.15, 0.2) is 36.7 Å². The van der Waals surface area contributed by atoms with Crippen molar-refractivity contribution in [2.45, 2.75) is 12.7 Å². The van der Waals surface area contributed by atoms with Crippen LogP contribution in [0.4, 0.5) is 19.0 Å². The highest BCUT2D eigenvalue weighted by Gasteiger charge is 2.36. The molecule has 26 heavy (non-hydrogen) atoms. The van der Waals surface area contributed by atoms with E-state index < -0.39 is 12.0 Å². The molecule has 3 heterocycles. The molecule has 1 aliphatic heterocycles. The lowest BCUT2D eigenvalue weighted by Crippen LogP contribution is -2.46. The molecule has 1 aliphatic rings. The molecule has 1 saturated heterocycles. The molecule has 1 N–H and O–H groups in total. The van der Waals surface area contributed by atoms with Crippen molar-refractivity contribution in [3.8, 4) is 0 Å². The first-order chi connectivity index (χ1) is 12.5. The fraction of sp³-hybridized carbons (Fsp3) is 0.353. The van der Waals surface area contributed by atoms with E-state index in [1.165, 1.54) is 11.9 Å². The average Bonchev–Trinajstić information content (AvgIpc) is 3.10. The second kappa shape index (κ2) is 6.56. The van der Waals surface area contributed by atoms with Crippen LogP contribution in [0.5, 0.6) is 0 Å². The van der Waals surface area contributed by atoms with Crippen molar-refractivity contribution in [2.24, 2.45) is 0 Å². The van der Waals surface area contributed by atoms with Crippen LogP contribution in [0.2, 0.25) is 0 Å². The SMILES string of the molecule is FC(F)(F)c1nc(N2CCN(Cc3ccccc3)CC2)c2[nH]cnc2n1. The standard InChI is InChI=1S/C17H17F3N6/c18-17(19,20)16-23-14-13(21-11-22-14)15(24-16)26-8-6-25(7-9-26)10-12-4-2-1-3-5-12/h1-5,11H,6-10H2,(H,21,22,23,24). The van der Waals surface area contributed by atoms with Gasteiger partial charge in [0.25, 0.3) is 0 Å². The minimum Gasteiger partial charge on any atom is -0.352 e. The van der Waals surface area contributed by atoms with Crippen molar-refractivity contribution in [2.75, 3.05) is 31.1 Å². The third-order valence-electron chi connectivity index (χ3n) is 4.44. The molecule has 0 atom stereocenters. The number of fused-ring (bicyclic) bond motifs is 1. The Morgan fingerprint density at radius 1 is 1.00 bits per heavy atom. The number of aromatic amines is 1. The average molecular weight is 362 g/mol. The summed E-state index contributed by atoms with van der Waals surface area (Å²) in [5, 5.41) is 0. The van der Waals surface area contributed by atoms with Crippen LogP contribution in [0, 0.1) is 0 Å². The summed E-state index contributed by atoms with van der Waals surface area (Å²) < 4.78 is 39.3. The van der Waals surface area contributed by atoms with E-state index in [4.69, 9.17) is 0 Å². The summed E-state index contributed by atoms with van der Waals surface area (Å²) in [5.41, 5.74) is 1.70. The van der Waals surface area contributed by atoms with Gasteiger partial charge in [-0.15, -0.1) is 0 Å². The normalized spacial score (nSPS) is 16.3. The van der Waals surface area contributed by atoms with Gasteiger partial charge in [-0.2, -0.15) is 13.2 Å². The maximum absolute atomic E-state index is 13.1. The lowest BCUT2D eigenvalue weighted by molar-refractivity contribution is -0.144. The molecule has 0 bridgehead atoms. The van der Waals surface area contributed by atoms with Gasteiger partial charge in [-0.3, -0.25) is 4.90 Å². The number of benzene rings is 1. The number of anilines is 1. The Kier molecular flexibility index (Phi) is 4.23. The third kappa shape index (κ3) is 3.34. The van der Waals surface area contributed by atoms with Crippen LogP contribution in [0.1, 0.15) is 11.4 Å². The quantitative estimate of drug-likeness (QED) is 0.776. The van der Waals surface area contributed by atoms with E-state index in [-0.39, 0.29) is 11.5 Å². The Balaban J connectivity index is 1.53. The van der Waals surface area contributed by atoms with E-state index in [1.807, 2.05) is 23.1 Å². The van der Waals surface area contributed by atoms with Crippen molar-refractivity contribution in [1.82, 2.24) is 24.8 Å². The Labute approximate surface area is 147 Å². The molecule has 0 aliphatic carbocycles. The van der Waals surface area contributed by atoms with Crippen LogP contribution in [-0.2, 0) is 12.7 Å². The van der Waals surface area contributed by atoms with Gasteiger partial charge in [0.2, 0.25) is 5.82 Å². The first kappa shape index (κ1) is 16.8. The van der Waals surface area contributed by atoms with Crippen molar-refractivity contribution >= 4 is 17.0 Å². The Bertz CT molecular complexity index is 884. The first-order valence-corrected chi connectivity index (χ1v) is 8.30. The van der Waals surface area contributed by atoms with Gasteiger partial charge in [0.15, 0.2) is 11.5 Å². The number of hydrogen-bond donors (Lipinski definition) is 1. The number of rotatable bonds is 3. The lowest BCUT2D eigenvalue weighted by Gasteiger charge is -2.35. The highest BCUT2D eigenvalue weighted by molar-refractivity contribution is 5.83. The van der Waals surface area contributed by atoms with E-state index >= 15 is 0 Å². The molecule has 0 unspecified atom stereocenters. The van der Waals surface area contributed by atoms with Crippen molar-refractivity contribution < 1.29 is 13.2 Å². The number of hydrogen-bond acceptors (Lipinski definition) is 5. The molecule has 4 rings (SSSR count). The molecule has 0 amide bonds. The zero-order valence-electron chi connectivity index (χ0n) is 13.9. The first-order valence-electron chi connectivity index (χ1n) is 8.30. The molecule has 0 radical (unpaired) electrons. The highest BCUT2D eigenvalue weighted by atomic mass is 19.4. The summed E-state index contributed by atoms with van der Waals surface area (Å²) in [4.78, 5) is 18.2. The van der Waals surface area contributed by atoms with E-state index in [9.17, 15) is 13.2 Å². The van der Waals surface area contributed by atoms with Crippen LogP contribution < -0.4 is 4.90 Å². The maximum atomic E-state index is 13.1. The molecule has 2 aromatic heterocycles. The number of halogens is 3. The van der Waals surface area contributed by atoms with Gasteiger partial charge < -0.3 is 9.88 Å². The summed E-state index contributed by atoms with van der Waals surface area (Å²) in [7, 11) is 0. The predicted octanol–water partition coefficient (Wildman–Crippen LogP) is 2.69. The summed E-state index contributed by atoms with van der Waals surface area (Å²) in [5.74, 6) is -0.891. The van der Waals surface area contributed by atoms with Crippen LogP contribution in [0.25, 0.3) is 11.2 Å². The van der Waals surface area contributed by atoms with E-state index in [0.29, 0.717) is 18.6 Å². The van der Waals surface area contributed by atoms with Gasteiger partial charge in [0.1, 0.15) is 5.52 Å². The molecule has 1 aromatic carbocycles. The topological polar surface area (TPSA) is 60.9 Å². The molecular formula is C17H17F3N6. The summed E-state index contributed by atoms with van der Waals surface area (Å²) in [6, 6.07) is 10.1. The number of aromatic nitrogens is 4. The van der Waals surface area contributed by atoms with Crippen molar-refractivity contribution in [1.29, 1.82) is 0 Å². The molecule has 1 fully saturated rings. The molecule has 136 valence electrons. The fourth-order valence-corrected chi connectivity index (χ4v) is 3.13. The molecule has 6 nitrogen and oxygen atoms in total. The zero-order valence-corrected chi connectivity index (χ0v) is 13.9. The minimum absolute atomic E-state index is 0.0361. The second-order valence-electron chi connectivity index (χ2n) is 6.22. The van der Waals surface area contributed by atoms with Crippen LogP contribution in [0.3, 0.4) is 0 Å². The highest BCUT2D eigenvalue weighted by Crippen LogP contribution is 2.31. The van der Waals surface area contributed by atoms with Crippen molar-refractivity contribution in [3.63, 3.8) is 0 Å². The van der Waals surface area contributed by atoms with Gasteiger partial charge in [-0.25, -0.2) is 15.0 Å². The monoisotopic (exact) mass is 362 g/mol. The summed E-state index contributed by atoms with van der Waals surface area (Å²) >= 11 is 0. The Morgan fingerprint density at radius 2 is 1.73 bits per heavy atom. The molecule has 3 aromatic rings. The molecule has 0 saturated carbocycles. The number of piperazine rings is 1. The number of nitrogens with one attached hydrogen (secondary N) is 1. The number of nitrogens with zero attached hydrogens (tertiary/aromatic N) is 5. The van der Waals surface area contributed by atoms with E-state index in [1.54, 1.807) is 0 Å². The van der Waals surface area contributed by atoms with Crippen molar-refractivity contribution in [3.05, 3.63) is 48.0 Å². The van der Waals surface area contributed by atoms with Gasteiger partial charge in [0, 0.05) is 32.7 Å². The lowest BCUT2D eigenvalue weighted by atomic mass is 10.2. The molecule has 0 spiro atoms. The van der Waals surface area contributed by atoms with Gasteiger partial charge in [-0.1, -0.05) is 30.3 Å². The molecule has 9 heteroatoms. The van der Waals surface area contributed by atoms with Crippen LogP contribution in [-0.4, -0.2) is 51.0 Å².